The lowest BCUT2D eigenvalue weighted by atomic mass is 10.3. The van der Waals surface area contributed by atoms with E-state index in [0.29, 0.717) is 5.69 Å². The summed E-state index contributed by atoms with van der Waals surface area (Å²) in [5.41, 5.74) is 1.67. The van der Waals surface area contributed by atoms with Crippen molar-refractivity contribution < 1.29 is 5.11 Å². The van der Waals surface area contributed by atoms with Crippen LogP contribution in [-0.4, -0.2) is 29.1 Å². The number of aromatic hydroxyl groups is 1. The van der Waals surface area contributed by atoms with Crippen molar-refractivity contribution in [2.45, 2.75) is 13.5 Å². The highest BCUT2D eigenvalue weighted by atomic mass is 16.3. The Morgan fingerprint density at radius 1 is 1.42 bits per heavy atom. The third-order valence-corrected chi connectivity index (χ3v) is 1.59. The Kier molecular flexibility index (Phi) is 2.65. The van der Waals surface area contributed by atoms with E-state index in [2.05, 4.69) is 4.98 Å². The highest BCUT2D eigenvalue weighted by Gasteiger charge is 2.00. The zero-order valence-corrected chi connectivity index (χ0v) is 7.70. The predicted octanol–water partition coefficient (Wildman–Crippen LogP) is 1.16. The van der Waals surface area contributed by atoms with Gasteiger partial charge >= 0.3 is 0 Å². The number of hydrogen-bond acceptors (Lipinski definition) is 3. The molecule has 0 atom stereocenters. The van der Waals surface area contributed by atoms with Gasteiger partial charge in [0.05, 0.1) is 11.4 Å². The van der Waals surface area contributed by atoms with Gasteiger partial charge in [-0.05, 0) is 33.2 Å². The SMILES string of the molecule is Cc1nc(CN(C)C)ccc1O. The lowest BCUT2D eigenvalue weighted by Gasteiger charge is -2.09. The first-order valence-corrected chi connectivity index (χ1v) is 3.90. The third kappa shape index (κ3) is 2.20. The minimum atomic E-state index is 0.262. The van der Waals surface area contributed by atoms with E-state index in [1.807, 2.05) is 25.1 Å². The van der Waals surface area contributed by atoms with Gasteiger partial charge in [0.25, 0.3) is 0 Å². The molecule has 0 fully saturated rings. The zero-order valence-electron chi connectivity index (χ0n) is 7.70. The van der Waals surface area contributed by atoms with Crippen LogP contribution in [0.4, 0.5) is 0 Å². The normalized spacial score (nSPS) is 10.7. The van der Waals surface area contributed by atoms with Crippen molar-refractivity contribution in [2.24, 2.45) is 0 Å². The lowest BCUT2D eigenvalue weighted by molar-refractivity contribution is 0.395. The second kappa shape index (κ2) is 3.54. The van der Waals surface area contributed by atoms with Crippen molar-refractivity contribution in [2.75, 3.05) is 14.1 Å². The Labute approximate surface area is 72.7 Å². The molecule has 0 bridgehead atoms. The van der Waals surface area contributed by atoms with E-state index in [-0.39, 0.29) is 5.75 Å². The summed E-state index contributed by atoms with van der Waals surface area (Å²) in [4.78, 5) is 6.26. The van der Waals surface area contributed by atoms with Gasteiger partial charge in [-0.25, -0.2) is 0 Å². The Morgan fingerprint density at radius 2 is 2.08 bits per heavy atom. The number of pyridine rings is 1. The number of aromatic nitrogens is 1. The van der Waals surface area contributed by atoms with Crippen molar-refractivity contribution in [3.05, 3.63) is 23.5 Å². The minimum Gasteiger partial charge on any atom is -0.506 e. The molecule has 0 aliphatic rings. The fourth-order valence-electron chi connectivity index (χ4n) is 1.02. The molecule has 0 spiro atoms. The van der Waals surface area contributed by atoms with Gasteiger partial charge in [-0.15, -0.1) is 0 Å². The standard InChI is InChI=1S/C9H14N2O/c1-7-9(12)5-4-8(10-7)6-11(2)3/h4-5,12H,6H2,1-3H3. The van der Waals surface area contributed by atoms with Crippen molar-refractivity contribution in [1.82, 2.24) is 9.88 Å². The maximum absolute atomic E-state index is 9.20. The Morgan fingerprint density at radius 3 is 2.58 bits per heavy atom. The third-order valence-electron chi connectivity index (χ3n) is 1.59. The smallest absolute Gasteiger partial charge is 0.136 e. The Hall–Kier alpha value is -1.09. The molecule has 0 saturated heterocycles. The molecule has 3 heteroatoms. The maximum atomic E-state index is 9.20. The van der Waals surface area contributed by atoms with Gasteiger partial charge in [0.1, 0.15) is 5.75 Å². The first kappa shape index (κ1) is 9.00. The molecular formula is C9H14N2O. The van der Waals surface area contributed by atoms with E-state index in [1.165, 1.54) is 0 Å². The summed E-state index contributed by atoms with van der Waals surface area (Å²) in [6, 6.07) is 3.52. The molecule has 1 aromatic rings. The van der Waals surface area contributed by atoms with Gasteiger partial charge in [0, 0.05) is 6.54 Å². The highest BCUT2D eigenvalue weighted by Crippen LogP contribution is 2.13. The summed E-state index contributed by atoms with van der Waals surface area (Å²) in [7, 11) is 3.98. The van der Waals surface area contributed by atoms with Crippen molar-refractivity contribution >= 4 is 0 Å². The van der Waals surface area contributed by atoms with Gasteiger partial charge in [0.15, 0.2) is 0 Å². The summed E-state index contributed by atoms with van der Waals surface area (Å²) in [5.74, 6) is 0.262. The van der Waals surface area contributed by atoms with Crippen LogP contribution in [0.5, 0.6) is 5.75 Å². The van der Waals surface area contributed by atoms with Crippen LogP contribution in [0.1, 0.15) is 11.4 Å². The Balaban J connectivity index is 2.82. The fraction of sp³-hybridized carbons (Fsp3) is 0.444. The molecule has 0 radical (unpaired) electrons. The molecule has 0 amide bonds. The number of aryl methyl sites for hydroxylation is 1. The molecule has 0 aliphatic carbocycles. The van der Waals surface area contributed by atoms with Gasteiger partial charge in [-0.2, -0.15) is 0 Å². The summed E-state index contributed by atoms with van der Waals surface area (Å²) in [6.45, 7) is 2.61. The van der Waals surface area contributed by atoms with Crippen LogP contribution >= 0.6 is 0 Å². The molecule has 0 saturated carbocycles. The maximum Gasteiger partial charge on any atom is 0.136 e. The Bertz CT molecular complexity index is 271. The first-order valence-electron chi connectivity index (χ1n) is 3.90. The van der Waals surface area contributed by atoms with E-state index in [9.17, 15) is 5.11 Å². The van der Waals surface area contributed by atoms with Crippen molar-refractivity contribution in [3.8, 4) is 5.75 Å². The van der Waals surface area contributed by atoms with E-state index in [0.717, 1.165) is 12.2 Å². The lowest BCUT2D eigenvalue weighted by Crippen LogP contribution is -2.11. The van der Waals surface area contributed by atoms with E-state index < -0.39 is 0 Å². The summed E-state index contributed by atoms with van der Waals surface area (Å²) >= 11 is 0. The minimum absolute atomic E-state index is 0.262. The molecule has 66 valence electrons. The molecule has 1 rings (SSSR count). The van der Waals surface area contributed by atoms with Crippen LogP contribution < -0.4 is 0 Å². The van der Waals surface area contributed by atoms with Crippen LogP contribution in [-0.2, 0) is 6.54 Å². The van der Waals surface area contributed by atoms with Gasteiger partial charge in [0.2, 0.25) is 0 Å². The molecule has 0 unspecified atom stereocenters. The summed E-state index contributed by atoms with van der Waals surface area (Å²) < 4.78 is 0. The number of rotatable bonds is 2. The van der Waals surface area contributed by atoms with E-state index >= 15 is 0 Å². The largest absolute Gasteiger partial charge is 0.506 e. The number of nitrogens with zero attached hydrogens (tertiary/aromatic N) is 2. The molecular weight excluding hydrogens is 152 g/mol. The van der Waals surface area contributed by atoms with Gasteiger partial charge in [-0.1, -0.05) is 0 Å². The first-order chi connectivity index (χ1) is 5.59. The molecule has 0 aromatic carbocycles. The van der Waals surface area contributed by atoms with Crippen LogP contribution in [0.15, 0.2) is 12.1 Å². The van der Waals surface area contributed by atoms with Gasteiger partial charge < -0.3 is 10.0 Å². The van der Waals surface area contributed by atoms with E-state index in [1.54, 1.807) is 13.0 Å². The molecule has 1 N–H and O–H groups in total. The highest BCUT2D eigenvalue weighted by molar-refractivity contribution is 5.26. The molecule has 3 nitrogen and oxygen atoms in total. The van der Waals surface area contributed by atoms with Crippen molar-refractivity contribution in [3.63, 3.8) is 0 Å². The summed E-state index contributed by atoms with van der Waals surface area (Å²) in [5, 5.41) is 9.20. The molecule has 12 heavy (non-hydrogen) atoms. The molecule has 1 heterocycles. The van der Waals surface area contributed by atoms with Crippen LogP contribution in [0.2, 0.25) is 0 Å². The van der Waals surface area contributed by atoms with Crippen molar-refractivity contribution in [1.29, 1.82) is 0 Å². The van der Waals surface area contributed by atoms with Crippen LogP contribution in [0.25, 0.3) is 0 Å². The fourth-order valence-corrected chi connectivity index (χ4v) is 1.02. The quantitative estimate of drug-likeness (QED) is 0.716. The van der Waals surface area contributed by atoms with Crippen LogP contribution in [0.3, 0.4) is 0 Å². The molecule has 1 aromatic heterocycles. The zero-order chi connectivity index (χ0) is 9.14. The van der Waals surface area contributed by atoms with E-state index in [4.69, 9.17) is 0 Å². The topological polar surface area (TPSA) is 36.4 Å². The second-order valence-electron chi connectivity index (χ2n) is 3.14. The average Bonchev–Trinajstić information content (AvgIpc) is 1.96. The number of hydrogen-bond donors (Lipinski definition) is 1. The molecule has 0 aliphatic heterocycles. The summed E-state index contributed by atoms with van der Waals surface area (Å²) in [6.07, 6.45) is 0. The van der Waals surface area contributed by atoms with Crippen LogP contribution in [0, 0.1) is 6.92 Å². The average molecular weight is 166 g/mol. The predicted molar refractivity (Wildman–Crippen MR) is 48.0 cm³/mol. The van der Waals surface area contributed by atoms with Gasteiger partial charge in [-0.3, -0.25) is 4.98 Å². The monoisotopic (exact) mass is 166 g/mol. The second-order valence-corrected chi connectivity index (χ2v) is 3.14.